The summed E-state index contributed by atoms with van der Waals surface area (Å²) in [7, 11) is 0. The number of amides is 1. The highest BCUT2D eigenvalue weighted by atomic mass is 19.1. The van der Waals surface area contributed by atoms with Crippen LogP contribution in [0.5, 0.6) is 0 Å². The first-order chi connectivity index (χ1) is 10.6. The third-order valence-corrected chi connectivity index (χ3v) is 4.56. The molecular formula is C16H18FNO4. The molecule has 0 aromatic heterocycles. The van der Waals surface area contributed by atoms with E-state index in [1.54, 1.807) is 0 Å². The van der Waals surface area contributed by atoms with Crippen LogP contribution < -0.4 is 0 Å². The van der Waals surface area contributed by atoms with Crippen molar-refractivity contribution in [1.29, 1.82) is 0 Å². The number of hydrogen-bond donors (Lipinski definition) is 1. The SMILES string of the molecule is O=C(O)[C@@H]1[C@@H]2CC[C@H](CC2F)N1C(=O)OCc1ccccc1. The summed E-state index contributed by atoms with van der Waals surface area (Å²) in [6, 6.07) is 7.66. The van der Waals surface area contributed by atoms with Gasteiger partial charge in [0, 0.05) is 12.0 Å². The van der Waals surface area contributed by atoms with Crippen LogP contribution in [0, 0.1) is 5.92 Å². The second-order valence-corrected chi connectivity index (χ2v) is 5.88. The Hall–Kier alpha value is -2.11. The van der Waals surface area contributed by atoms with Gasteiger partial charge in [-0.2, -0.15) is 0 Å². The molecule has 5 nitrogen and oxygen atoms in total. The smallest absolute Gasteiger partial charge is 0.411 e. The second-order valence-electron chi connectivity index (χ2n) is 5.88. The van der Waals surface area contributed by atoms with E-state index in [9.17, 15) is 19.1 Å². The van der Waals surface area contributed by atoms with E-state index in [2.05, 4.69) is 0 Å². The van der Waals surface area contributed by atoms with Gasteiger partial charge < -0.3 is 9.84 Å². The number of carboxylic acids is 1. The van der Waals surface area contributed by atoms with Gasteiger partial charge in [0.25, 0.3) is 0 Å². The molecule has 0 spiro atoms. The number of carbonyl (C=O) groups is 2. The summed E-state index contributed by atoms with van der Waals surface area (Å²) in [6.07, 6.45) is -0.481. The zero-order chi connectivity index (χ0) is 15.7. The standard InChI is InChI=1S/C16H18FNO4/c17-13-8-11-6-7-12(13)14(15(19)20)18(11)16(21)22-9-10-4-2-1-3-5-10/h1-5,11-14H,6-9H2,(H,19,20)/t11-,12-,13?,14+/m1/s1. The molecule has 2 aliphatic heterocycles. The van der Waals surface area contributed by atoms with Crippen molar-refractivity contribution >= 4 is 12.1 Å². The number of alkyl halides is 1. The first kappa shape index (κ1) is 14.8. The van der Waals surface area contributed by atoms with E-state index in [0.717, 1.165) is 5.56 Å². The van der Waals surface area contributed by atoms with Crippen molar-refractivity contribution in [2.75, 3.05) is 0 Å². The third-order valence-electron chi connectivity index (χ3n) is 4.56. The number of rotatable bonds is 3. The maximum Gasteiger partial charge on any atom is 0.411 e. The van der Waals surface area contributed by atoms with E-state index in [1.165, 1.54) is 4.90 Å². The van der Waals surface area contributed by atoms with E-state index in [-0.39, 0.29) is 19.1 Å². The molecule has 1 saturated carbocycles. The number of aliphatic carboxylic acids is 1. The zero-order valence-corrected chi connectivity index (χ0v) is 12.0. The third kappa shape index (κ3) is 2.65. The van der Waals surface area contributed by atoms with Gasteiger partial charge in [0.2, 0.25) is 0 Å². The van der Waals surface area contributed by atoms with Crippen molar-refractivity contribution in [3.05, 3.63) is 35.9 Å². The minimum atomic E-state index is -1.16. The molecule has 118 valence electrons. The molecule has 2 bridgehead atoms. The van der Waals surface area contributed by atoms with Crippen molar-refractivity contribution in [3.8, 4) is 0 Å². The molecule has 1 N–H and O–H groups in total. The number of hydrogen-bond acceptors (Lipinski definition) is 3. The molecule has 1 aliphatic carbocycles. The van der Waals surface area contributed by atoms with Crippen LogP contribution in [-0.2, 0) is 16.1 Å². The van der Waals surface area contributed by atoms with Gasteiger partial charge in [-0.15, -0.1) is 0 Å². The van der Waals surface area contributed by atoms with Crippen LogP contribution in [0.2, 0.25) is 0 Å². The molecule has 3 fully saturated rings. The van der Waals surface area contributed by atoms with Crippen molar-refractivity contribution in [2.24, 2.45) is 5.92 Å². The Kier molecular flexibility index (Phi) is 4.00. The molecule has 1 amide bonds. The fraction of sp³-hybridized carbons (Fsp3) is 0.500. The lowest BCUT2D eigenvalue weighted by atomic mass is 9.73. The summed E-state index contributed by atoms with van der Waals surface area (Å²) in [5.41, 5.74) is 0.827. The van der Waals surface area contributed by atoms with Gasteiger partial charge in [-0.05, 0) is 24.8 Å². The fourth-order valence-corrected chi connectivity index (χ4v) is 3.52. The minimum Gasteiger partial charge on any atom is -0.480 e. The highest BCUT2D eigenvalue weighted by Gasteiger charge is 2.53. The molecule has 0 radical (unpaired) electrons. The topological polar surface area (TPSA) is 66.8 Å². The summed E-state index contributed by atoms with van der Waals surface area (Å²) in [5.74, 6) is -1.79. The van der Waals surface area contributed by atoms with Crippen LogP contribution in [0.25, 0.3) is 0 Å². The Morgan fingerprint density at radius 1 is 1.27 bits per heavy atom. The van der Waals surface area contributed by atoms with Crippen molar-refractivity contribution in [3.63, 3.8) is 0 Å². The molecule has 3 aliphatic rings. The molecule has 1 aromatic rings. The number of benzene rings is 1. The average molecular weight is 307 g/mol. The lowest BCUT2D eigenvalue weighted by Gasteiger charge is -2.50. The maximum atomic E-state index is 13.9. The van der Waals surface area contributed by atoms with Crippen molar-refractivity contribution in [1.82, 2.24) is 4.90 Å². The van der Waals surface area contributed by atoms with Crippen LogP contribution in [0.1, 0.15) is 24.8 Å². The molecule has 4 atom stereocenters. The number of ether oxygens (including phenoxy) is 1. The molecular weight excluding hydrogens is 289 g/mol. The number of nitrogens with zero attached hydrogens (tertiary/aromatic N) is 1. The molecule has 2 saturated heterocycles. The van der Waals surface area contributed by atoms with Crippen LogP contribution in [0.3, 0.4) is 0 Å². The monoisotopic (exact) mass is 307 g/mol. The number of carbonyl (C=O) groups excluding carboxylic acids is 1. The molecule has 6 heteroatoms. The number of halogens is 1. The largest absolute Gasteiger partial charge is 0.480 e. The normalized spacial score (nSPS) is 30.1. The number of carboxylic acid groups (broad SMARTS) is 1. The fourth-order valence-electron chi connectivity index (χ4n) is 3.52. The Balaban J connectivity index is 1.71. The first-order valence-electron chi connectivity index (χ1n) is 7.44. The number of fused-ring (bicyclic) bond motifs is 3. The predicted octanol–water partition coefficient (Wildman–Crippen LogP) is 2.60. The van der Waals surface area contributed by atoms with Gasteiger partial charge in [0.1, 0.15) is 18.8 Å². The maximum absolute atomic E-state index is 13.9. The van der Waals surface area contributed by atoms with Crippen LogP contribution in [-0.4, -0.2) is 40.3 Å². The van der Waals surface area contributed by atoms with E-state index < -0.39 is 30.2 Å². The summed E-state index contributed by atoms with van der Waals surface area (Å²) >= 11 is 0. The zero-order valence-electron chi connectivity index (χ0n) is 12.0. The lowest BCUT2D eigenvalue weighted by Crippen LogP contribution is -2.63. The Morgan fingerprint density at radius 3 is 2.64 bits per heavy atom. The molecule has 1 unspecified atom stereocenters. The van der Waals surface area contributed by atoms with E-state index in [0.29, 0.717) is 12.8 Å². The van der Waals surface area contributed by atoms with Crippen LogP contribution in [0.15, 0.2) is 30.3 Å². The van der Waals surface area contributed by atoms with Gasteiger partial charge in [0.15, 0.2) is 0 Å². The summed E-state index contributed by atoms with van der Waals surface area (Å²) < 4.78 is 19.2. The van der Waals surface area contributed by atoms with E-state index in [1.807, 2.05) is 30.3 Å². The van der Waals surface area contributed by atoms with Gasteiger partial charge in [-0.3, -0.25) is 4.90 Å². The van der Waals surface area contributed by atoms with Crippen molar-refractivity contribution < 1.29 is 23.8 Å². The Labute approximate surface area is 127 Å². The Morgan fingerprint density at radius 2 is 2.00 bits per heavy atom. The van der Waals surface area contributed by atoms with Gasteiger partial charge >= 0.3 is 12.1 Å². The van der Waals surface area contributed by atoms with Crippen LogP contribution in [0.4, 0.5) is 9.18 Å². The quantitative estimate of drug-likeness (QED) is 0.932. The van der Waals surface area contributed by atoms with Gasteiger partial charge in [-0.25, -0.2) is 14.0 Å². The van der Waals surface area contributed by atoms with Gasteiger partial charge in [0.05, 0.1) is 0 Å². The Bertz CT molecular complexity index is 565. The molecule has 4 rings (SSSR count). The second kappa shape index (κ2) is 5.94. The minimum absolute atomic E-state index is 0.0823. The first-order valence-corrected chi connectivity index (χ1v) is 7.44. The van der Waals surface area contributed by atoms with E-state index in [4.69, 9.17) is 4.74 Å². The highest BCUT2D eigenvalue weighted by Crippen LogP contribution is 2.41. The molecule has 22 heavy (non-hydrogen) atoms. The summed E-state index contributed by atoms with van der Waals surface area (Å²) in [6.45, 7) is 0.0823. The predicted molar refractivity (Wildman–Crippen MR) is 75.9 cm³/mol. The number of piperidine rings is 2. The molecule has 1 aromatic carbocycles. The average Bonchev–Trinajstić information content (AvgIpc) is 2.53. The summed E-state index contributed by atoms with van der Waals surface area (Å²) in [4.78, 5) is 25.0. The summed E-state index contributed by atoms with van der Waals surface area (Å²) in [5, 5.41) is 9.37. The van der Waals surface area contributed by atoms with Gasteiger partial charge in [-0.1, -0.05) is 30.3 Å². The highest BCUT2D eigenvalue weighted by molar-refractivity contribution is 5.81. The van der Waals surface area contributed by atoms with E-state index >= 15 is 0 Å². The van der Waals surface area contributed by atoms with Crippen molar-refractivity contribution in [2.45, 2.75) is 44.1 Å². The lowest BCUT2D eigenvalue weighted by molar-refractivity contribution is -0.155. The van der Waals surface area contributed by atoms with Crippen LogP contribution >= 0.6 is 0 Å². The molecule has 2 heterocycles.